The van der Waals surface area contributed by atoms with E-state index < -0.39 is 10.0 Å². The second kappa shape index (κ2) is 5.92. The number of imidazole rings is 1. The van der Waals surface area contributed by atoms with E-state index >= 15 is 0 Å². The van der Waals surface area contributed by atoms with E-state index in [0.29, 0.717) is 23.9 Å². The largest absolute Gasteiger partial charge is 0.328 e. The zero-order valence-corrected chi connectivity index (χ0v) is 16.0. The lowest BCUT2D eigenvalue weighted by Gasteiger charge is -2.20. The molecule has 2 fully saturated rings. The summed E-state index contributed by atoms with van der Waals surface area (Å²) in [6.45, 7) is 3.22. The van der Waals surface area contributed by atoms with Crippen molar-refractivity contribution in [2.75, 3.05) is 13.1 Å². The van der Waals surface area contributed by atoms with Gasteiger partial charge in [-0.1, -0.05) is 6.07 Å². The van der Waals surface area contributed by atoms with E-state index in [0.717, 1.165) is 37.2 Å². The smallest absolute Gasteiger partial charge is 0.243 e. The Hall–Kier alpha value is -1.66. The second-order valence-corrected chi connectivity index (χ2v) is 9.93. The summed E-state index contributed by atoms with van der Waals surface area (Å²) in [5.74, 6) is 1.73. The summed E-state index contributed by atoms with van der Waals surface area (Å²) in [4.78, 5) is 5.06. The zero-order valence-electron chi connectivity index (χ0n) is 15.2. The highest BCUT2D eigenvalue weighted by Crippen LogP contribution is 2.42. The van der Waals surface area contributed by atoms with Gasteiger partial charge < -0.3 is 4.57 Å². The Morgan fingerprint density at radius 2 is 1.92 bits per heavy atom. The van der Waals surface area contributed by atoms with Crippen molar-refractivity contribution < 1.29 is 8.42 Å². The monoisotopic (exact) mass is 371 g/mol. The third kappa shape index (κ3) is 2.62. The maximum Gasteiger partial charge on any atom is 0.243 e. The van der Waals surface area contributed by atoms with Gasteiger partial charge in [-0.25, -0.2) is 13.4 Å². The fourth-order valence-corrected chi connectivity index (χ4v) is 6.12. The van der Waals surface area contributed by atoms with E-state index in [2.05, 4.69) is 16.5 Å². The molecule has 1 aromatic heterocycles. The van der Waals surface area contributed by atoms with Crippen molar-refractivity contribution >= 4 is 10.0 Å². The van der Waals surface area contributed by atoms with Crippen molar-refractivity contribution in [2.24, 2.45) is 0 Å². The molecular weight excluding hydrogens is 346 g/mol. The average Bonchev–Trinajstić information content (AvgIpc) is 3.04. The van der Waals surface area contributed by atoms with Gasteiger partial charge in [0.25, 0.3) is 0 Å². The molecule has 3 aliphatic rings. The molecule has 1 unspecified atom stereocenters. The highest BCUT2D eigenvalue weighted by Gasteiger charge is 2.37. The molecule has 0 radical (unpaired) electrons. The summed E-state index contributed by atoms with van der Waals surface area (Å²) in [5, 5.41) is 0. The molecule has 0 N–H and O–H groups in total. The van der Waals surface area contributed by atoms with Crippen LogP contribution in [0.25, 0.3) is 0 Å². The van der Waals surface area contributed by atoms with Crippen LogP contribution in [0, 0.1) is 6.92 Å². The van der Waals surface area contributed by atoms with Crippen molar-refractivity contribution in [3.8, 4) is 0 Å². The molecule has 5 nitrogen and oxygen atoms in total. The minimum Gasteiger partial charge on any atom is -0.328 e. The predicted molar refractivity (Wildman–Crippen MR) is 99.8 cm³/mol. The van der Waals surface area contributed by atoms with Crippen molar-refractivity contribution in [1.82, 2.24) is 13.9 Å². The molecule has 1 saturated heterocycles. The van der Waals surface area contributed by atoms with Crippen LogP contribution in [0.4, 0.5) is 0 Å². The van der Waals surface area contributed by atoms with Crippen LogP contribution >= 0.6 is 0 Å². The molecular formula is C20H25N3O2S. The summed E-state index contributed by atoms with van der Waals surface area (Å²) in [7, 11) is -3.41. The number of hydrogen-bond acceptors (Lipinski definition) is 3. The van der Waals surface area contributed by atoms with E-state index in [1.165, 1.54) is 24.0 Å². The number of hydrogen-bond donors (Lipinski definition) is 0. The van der Waals surface area contributed by atoms with E-state index in [9.17, 15) is 8.42 Å². The standard InChI is InChI=1S/C20H25N3O2S/c1-14-12-21-20(16-5-6-16)23(14)18-9-10-22(13-18)26(24,25)19-8-7-15-3-2-4-17(15)11-19/h7-8,11-12,16,18H,2-6,9-10,13H2,1H3. The molecule has 26 heavy (non-hydrogen) atoms. The van der Waals surface area contributed by atoms with Crippen LogP contribution in [0.2, 0.25) is 0 Å². The van der Waals surface area contributed by atoms with Crippen LogP contribution in [0.3, 0.4) is 0 Å². The normalized spacial score (nSPS) is 23.5. The summed E-state index contributed by atoms with van der Waals surface area (Å²) < 4.78 is 30.3. The van der Waals surface area contributed by atoms with E-state index in [-0.39, 0.29) is 6.04 Å². The minimum absolute atomic E-state index is 0.206. The second-order valence-electron chi connectivity index (χ2n) is 7.99. The average molecular weight is 372 g/mol. The van der Waals surface area contributed by atoms with Gasteiger partial charge in [-0.2, -0.15) is 4.31 Å². The maximum atomic E-state index is 13.2. The molecule has 2 aliphatic carbocycles. The lowest BCUT2D eigenvalue weighted by Crippen LogP contribution is -2.29. The van der Waals surface area contributed by atoms with Gasteiger partial charge >= 0.3 is 0 Å². The van der Waals surface area contributed by atoms with Gasteiger partial charge in [0.1, 0.15) is 5.82 Å². The van der Waals surface area contributed by atoms with Gasteiger partial charge in [-0.05, 0) is 68.7 Å². The SMILES string of the molecule is Cc1cnc(C2CC2)n1C1CCN(S(=O)(=O)c2ccc3c(c2)CCC3)C1. The van der Waals surface area contributed by atoms with Crippen LogP contribution in [-0.4, -0.2) is 35.4 Å². The van der Waals surface area contributed by atoms with Gasteiger partial charge in [-0.3, -0.25) is 0 Å². The topological polar surface area (TPSA) is 55.2 Å². The van der Waals surface area contributed by atoms with Gasteiger partial charge in [0.2, 0.25) is 10.0 Å². The molecule has 2 heterocycles. The Morgan fingerprint density at radius 3 is 2.73 bits per heavy atom. The third-order valence-electron chi connectivity index (χ3n) is 6.15. The first-order valence-corrected chi connectivity index (χ1v) is 11.1. The Morgan fingerprint density at radius 1 is 1.12 bits per heavy atom. The van der Waals surface area contributed by atoms with Crippen molar-refractivity contribution in [1.29, 1.82) is 0 Å². The molecule has 5 rings (SSSR count). The number of aryl methyl sites for hydroxylation is 3. The number of benzene rings is 1. The molecule has 0 amide bonds. The summed E-state index contributed by atoms with van der Waals surface area (Å²) in [5.41, 5.74) is 3.67. The Bertz CT molecular complexity index is 959. The Balaban J connectivity index is 1.41. The zero-order chi connectivity index (χ0) is 17.9. The Labute approximate surface area is 155 Å². The molecule has 0 bridgehead atoms. The quantitative estimate of drug-likeness (QED) is 0.829. The summed E-state index contributed by atoms with van der Waals surface area (Å²) >= 11 is 0. The van der Waals surface area contributed by atoms with Crippen LogP contribution in [0.15, 0.2) is 29.3 Å². The van der Waals surface area contributed by atoms with Crippen LogP contribution in [-0.2, 0) is 22.9 Å². The first kappa shape index (κ1) is 16.5. The molecule has 1 aliphatic heterocycles. The fourth-order valence-electron chi connectivity index (χ4n) is 4.58. The Kier molecular flexibility index (Phi) is 3.76. The number of fused-ring (bicyclic) bond motifs is 1. The van der Waals surface area contributed by atoms with Gasteiger partial charge in [0.05, 0.1) is 10.9 Å². The fraction of sp³-hybridized carbons (Fsp3) is 0.550. The molecule has 138 valence electrons. The molecule has 1 atom stereocenters. The predicted octanol–water partition coefficient (Wildman–Crippen LogP) is 3.19. The van der Waals surface area contributed by atoms with Crippen LogP contribution < -0.4 is 0 Å². The lowest BCUT2D eigenvalue weighted by molar-refractivity contribution is 0.443. The van der Waals surface area contributed by atoms with Gasteiger partial charge in [0, 0.05) is 30.9 Å². The molecule has 2 aromatic rings. The highest BCUT2D eigenvalue weighted by atomic mass is 32.2. The van der Waals surface area contributed by atoms with Crippen molar-refractivity contribution in [3.05, 3.63) is 47.0 Å². The number of rotatable bonds is 4. The van der Waals surface area contributed by atoms with E-state index in [1.807, 2.05) is 18.3 Å². The van der Waals surface area contributed by atoms with E-state index in [1.54, 1.807) is 10.4 Å². The first-order valence-electron chi connectivity index (χ1n) is 9.70. The van der Waals surface area contributed by atoms with Crippen LogP contribution in [0.5, 0.6) is 0 Å². The molecule has 6 heteroatoms. The number of nitrogens with zero attached hydrogens (tertiary/aromatic N) is 3. The lowest BCUT2D eigenvalue weighted by atomic mass is 10.1. The highest BCUT2D eigenvalue weighted by molar-refractivity contribution is 7.89. The van der Waals surface area contributed by atoms with E-state index in [4.69, 9.17) is 0 Å². The number of aromatic nitrogens is 2. The van der Waals surface area contributed by atoms with Crippen molar-refractivity contribution in [2.45, 2.75) is 62.3 Å². The van der Waals surface area contributed by atoms with Crippen LogP contribution in [0.1, 0.15) is 60.3 Å². The molecule has 1 saturated carbocycles. The third-order valence-corrected chi connectivity index (χ3v) is 8.01. The molecule has 1 aromatic carbocycles. The summed E-state index contributed by atoms with van der Waals surface area (Å²) in [6, 6.07) is 5.92. The summed E-state index contributed by atoms with van der Waals surface area (Å²) in [6.07, 6.45) is 8.42. The molecule has 0 spiro atoms. The van der Waals surface area contributed by atoms with Gasteiger partial charge in [0.15, 0.2) is 0 Å². The number of sulfonamides is 1. The maximum absolute atomic E-state index is 13.2. The van der Waals surface area contributed by atoms with Crippen molar-refractivity contribution in [3.63, 3.8) is 0 Å². The minimum atomic E-state index is -3.41. The first-order chi connectivity index (χ1) is 12.5. The van der Waals surface area contributed by atoms with Gasteiger partial charge in [-0.15, -0.1) is 0 Å².